The molecule has 0 saturated carbocycles. The van der Waals surface area contributed by atoms with Crippen LogP contribution in [0.1, 0.15) is 0 Å². The quantitative estimate of drug-likeness (QED) is 0.206. The number of rotatable bonds is 0. The summed E-state index contributed by atoms with van der Waals surface area (Å²) in [5, 5.41) is 0. The molecule has 0 fully saturated rings. The molecule has 0 aromatic heterocycles. The normalized spacial score (nSPS) is 5.56. The molecule has 2 radical (unpaired) electrons. The Hall–Kier alpha value is 3.08. The molecule has 0 heterocycles. The van der Waals surface area contributed by atoms with Crippen LogP contribution in [-0.2, 0) is 101 Å². The molecule has 0 spiro atoms. The Kier molecular flexibility index (Phi) is 66.8. The molecule has 0 saturated heterocycles. The summed E-state index contributed by atoms with van der Waals surface area (Å²) in [6.07, 6.45) is 0. The summed E-state index contributed by atoms with van der Waals surface area (Å²) in [5.74, 6) is 0. The molecule has 12 nitrogen and oxygen atoms in total. The fraction of sp³-hybridized carbons (Fsp3) is 0. The van der Waals surface area contributed by atoms with E-state index in [1.54, 1.807) is 0 Å². The van der Waals surface area contributed by atoms with Gasteiger partial charge >= 0.3 is 171 Å². The van der Waals surface area contributed by atoms with Crippen molar-refractivity contribution in [3.8, 4) is 0 Å². The van der Waals surface area contributed by atoms with Crippen molar-refractivity contribution in [2.45, 2.75) is 0 Å². The van der Waals surface area contributed by atoms with Gasteiger partial charge < -0.3 is 0 Å². The van der Waals surface area contributed by atoms with Crippen LogP contribution in [0, 0.1) is 0 Å². The summed E-state index contributed by atoms with van der Waals surface area (Å²) >= 11 is -17.4. The van der Waals surface area contributed by atoms with Crippen molar-refractivity contribution in [3.05, 3.63) is 0 Å². The van der Waals surface area contributed by atoms with Gasteiger partial charge in [-0.05, 0) is 0 Å². The van der Waals surface area contributed by atoms with Crippen LogP contribution in [0.25, 0.3) is 0 Å². The van der Waals surface area contributed by atoms with Gasteiger partial charge in [0.2, 0.25) is 0 Å². The molecule has 0 aliphatic rings. The van der Waals surface area contributed by atoms with Crippen LogP contribution in [0.3, 0.4) is 0 Å². The van der Waals surface area contributed by atoms with Gasteiger partial charge in [-0.3, -0.25) is 0 Å². The average Bonchev–Trinajstić information content (AvgIpc) is 1.76. The monoisotopic (exact) mass is 1150 g/mol. The van der Waals surface area contributed by atoms with E-state index in [9.17, 15) is 0 Å². The molecule has 0 atom stereocenters. The van der Waals surface area contributed by atoms with Crippen LogP contribution < -0.4 is 44.0 Å². The van der Waals surface area contributed by atoms with Crippen LogP contribution >= 0.6 is 0 Å². The maximum absolute atomic E-state index is 8.62. The van der Waals surface area contributed by atoms with E-state index in [1.807, 2.05) is 0 Å². The predicted octanol–water partition coefficient (Wildman–Crippen LogP) is -9.09. The van der Waals surface area contributed by atoms with Crippen molar-refractivity contribution in [2.24, 2.45) is 0 Å². The van der Waals surface area contributed by atoms with Gasteiger partial charge in [0.15, 0.2) is 0 Å². The van der Waals surface area contributed by atoms with Gasteiger partial charge in [0, 0.05) is 0 Å². The van der Waals surface area contributed by atoms with E-state index < -0.39 is 75.1 Å². The van der Waals surface area contributed by atoms with Gasteiger partial charge in [-0.1, -0.05) is 0 Å². The first-order chi connectivity index (χ1) is 6.93. The van der Waals surface area contributed by atoms with Gasteiger partial charge in [-0.25, -0.2) is 0 Å². The first-order valence-electron chi connectivity index (χ1n) is 2.19. The van der Waals surface area contributed by atoms with Crippen LogP contribution in [0.5, 0.6) is 0 Å². The van der Waals surface area contributed by atoms with E-state index in [2.05, 4.69) is 0 Å². The molecule has 18 heteroatoms. The summed E-state index contributed by atoms with van der Waals surface area (Å²) in [6.45, 7) is 0. The molecule has 0 bridgehead atoms. The second kappa shape index (κ2) is 32.1. The topological polar surface area (TPSA) is 229 Å². The number of hydrogen-bond donors (Lipinski definition) is 0. The minimum absolute atomic E-state index is 0. The Bertz CT molecular complexity index is 298. The minimum atomic E-state index is -4.34. The van der Waals surface area contributed by atoms with E-state index >= 15 is 0 Å². The molecule has 0 N–H and O–H groups in total. The first kappa shape index (κ1) is 37.4. The van der Waals surface area contributed by atoms with Crippen LogP contribution in [0.4, 0.5) is 0 Å². The van der Waals surface area contributed by atoms with E-state index in [-0.39, 0.29) is 55.8 Å². The molecular weight excluding hydrogens is 1150 g/mol. The third kappa shape index (κ3) is 656. The van der Waals surface area contributed by atoms with Gasteiger partial charge in [0.05, 0.1) is 0 Å². The van der Waals surface area contributed by atoms with Gasteiger partial charge in [0.25, 0.3) is 0 Å². The Morgan fingerprint density at radius 3 is 0.444 bits per heavy atom. The molecule has 0 amide bonds. The zero-order valence-electron chi connectivity index (χ0n) is 8.14. The van der Waals surface area contributed by atoms with Crippen LogP contribution in [-0.4, -0.2) is 26.2 Å². The molecule has 0 aliphatic heterocycles. The second-order valence-electron chi connectivity index (χ2n) is 0.894. The molecule has 0 aromatic carbocycles. The zero-order chi connectivity index (χ0) is 14.3. The van der Waals surface area contributed by atoms with Crippen molar-refractivity contribution in [1.82, 2.24) is 0 Å². The Morgan fingerprint density at radius 1 is 0.444 bits per heavy atom. The fourth-order valence-electron chi connectivity index (χ4n) is 0. The van der Waals surface area contributed by atoms with Gasteiger partial charge in [0.1, 0.15) is 0 Å². The van der Waals surface area contributed by atoms with Crippen LogP contribution in [0.15, 0.2) is 0 Å². The Morgan fingerprint density at radius 2 is 0.444 bits per heavy atom. The predicted molar refractivity (Wildman–Crippen MR) is 11.2 cm³/mol. The molecule has 0 unspecified atom stereocenters. The fourth-order valence-corrected chi connectivity index (χ4v) is 0. The first-order valence-corrected chi connectivity index (χ1v) is 17.9. The molecule has 0 aromatic rings. The number of hydrogen-bond acceptors (Lipinski definition) is 12. The summed E-state index contributed by atoms with van der Waals surface area (Å²) in [4.78, 5) is 0. The summed E-state index contributed by atoms with van der Waals surface area (Å²) in [5.41, 5.74) is 0. The van der Waals surface area contributed by atoms with Crippen molar-refractivity contribution < 1.29 is 145 Å². The Balaban J connectivity index is -0.0000000257. The molecular formula is BiNaO12Ta4. The summed E-state index contributed by atoms with van der Waals surface area (Å²) in [6, 6.07) is 0. The van der Waals surface area contributed by atoms with E-state index in [0.29, 0.717) is 0 Å². The molecule has 98 valence electrons. The average molecular weight is 1150 g/mol. The van der Waals surface area contributed by atoms with Crippen LogP contribution in [0.2, 0.25) is 0 Å². The van der Waals surface area contributed by atoms with E-state index in [0.717, 1.165) is 0 Å². The van der Waals surface area contributed by atoms with E-state index in [1.165, 1.54) is 0 Å². The standard InChI is InChI=1S/Bi.Na.12O.4Ta/q+3;+1;;;;;;;;;4*-1;;;;. The SMILES string of the molecule is [Bi+3].[Na+].[O]=[Ta](=[O])[O-].[O]=[Ta](=[O])[O-].[O]=[Ta](=[O])[O-].[O]=[Ta](=[O])[O-]. The van der Waals surface area contributed by atoms with Crippen molar-refractivity contribution in [2.75, 3.05) is 0 Å². The summed E-state index contributed by atoms with van der Waals surface area (Å²) < 4.78 is 103. The van der Waals surface area contributed by atoms with Gasteiger partial charge in [-0.15, -0.1) is 0 Å². The third-order valence-corrected chi connectivity index (χ3v) is 0. The summed E-state index contributed by atoms with van der Waals surface area (Å²) in [7, 11) is 0. The molecule has 0 aliphatic carbocycles. The van der Waals surface area contributed by atoms with Crippen molar-refractivity contribution >= 4 is 26.2 Å². The second-order valence-corrected chi connectivity index (χ2v) is 7.32. The van der Waals surface area contributed by atoms with Gasteiger partial charge in [-0.2, -0.15) is 0 Å². The Labute approximate surface area is 168 Å². The molecule has 18 heavy (non-hydrogen) atoms. The molecule has 0 rings (SSSR count). The zero-order valence-corrected chi connectivity index (χ0v) is 26.5. The third-order valence-electron chi connectivity index (χ3n) is 0. The maximum atomic E-state index is 8.62. The van der Waals surface area contributed by atoms with Crippen molar-refractivity contribution in [3.63, 3.8) is 0 Å². The van der Waals surface area contributed by atoms with E-state index in [4.69, 9.17) is 40.5 Å². The van der Waals surface area contributed by atoms with Crippen molar-refractivity contribution in [1.29, 1.82) is 0 Å².